The van der Waals surface area contributed by atoms with Crippen molar-refractivity contribution in [3.8, 4) is 5.75 Å². The van der Waals surface area contributed by atoms with E-state index in [1.807, 2.05) is 26.0 Å². The first kappa shape index (κ1) is 14.3. The second-order valence-corrected chi connectivity index (χ2v) is 5.57. The molecule has 106 valence electrons. The van der Waals surface area contributed by atoms with Crippen LogP contribution in [-0.4, -0.2) is 17.0 Å². The Morgan fingerprint density at radius 3 is 2.65 bits per heavy atom. The van der Waals surface area contributed by atoms with Crippen LogP contribution in [0.15, 0.2) is 29.1 Å². The molecule has 1 aromatic carbocycles. The van der Waals surface area contributed by atoms with Crippen molar-refractivity contribution in [2.24, 2.45) is 0 Å². The van der Waals surface area contributed by atoms with Crippen LogP contribution in [0.3, 0.4) is 0 Å². The summed E-state index contributed by atoms with van der Waals surface area (Å²) in [6.45, 7) is 5.53. The highest BCUT2D eigenvalue weighted by Crippen LogP contribution is 2.25. The van der Waals surface area contributed by atoms with Crippen LogP contribution < -0.4 is 14.9 Å². The maximum Gasteiger partial charge on any atom is 0.305 e. The monoisotopic (exact) mass is 292 g/mol. The number of hydrogen-bond donors (Lipinski definition) is 2. The molecule has 20 heavy (non-hydrogen) atoms. The lowest BCUT2D eigenvalue weighted by atomic mass is 10.2. The van der Waals surface area contributed by atoms with E-state index in [9.17, 15) is 9.59 Å². The minimum absolute atomic E-state index is 0.0121. The smallest absolute Gasteiger partial charge is 0.305 e. The molecule has 2 rings (SSSR count). The first-order chi connectivity index (χ1) is 9.47. The van der Waals surface area contributed by atoms with Crippen molar-refractivity contribution in [1.82, 2.24) is 4.98 Å². The van der Waals surface area contributed by atoms with Gasteiger partial charge < -0.3 is 15.0 Å². The van der Waals surface area contributed by atoms with Crippen LogP contribution in [0, 0.1) is 6.92 Å². The number of benzene rings is 1. The number of rotatable bonds is 4. The summed E-state index contributed by atoms with van der Waals surface area (Å²) in [6, 6.07) is 7.21. The van der Waals surface area contributed by atoms with Gasteiger partial charge in [-0.3, -0.25) is 9.59 Å². The number of carbonyl (C=O) groups excluding carboxylic acids is 1. The van der Waals surface area contributed by atoms with Gasteiger partial charge in [-0.05, 0) is 32.9 Å². The van der Waals surface area contributed by atoms with Crippen LogP contribution in [0.2, 0.25) is 0 Å². The maximum absolute atomic E-state index is 12.2. The molecule has 5 nitrogen and oxygen atoms in total. The lowest BCUT2D eigenvalue weighted by Crippen LogP contribution is -2.14. The van der Waals surface area contributed by atoms with Crippen molar-refractivity contribution in [3.63, 3.8) is 0 Å². The van der Waals surface area contributed by atoms with Gasteiger partial charge in [-0.2, -0.15) is 0 Å². The second kappa shape index (κ2) is 5.92. The lowest BCUT2D eigenvalue weighted by Gasteiger charge is -2.14. The summed E-state index contributed by atoms with van der Waals surface area (Å²) in [4.78, 5) is 26.1. The van der Waals surface area contributed by atoms with Crippen molar-refractivity contribution in [2.45, 2.75) is 26.9 Å². The number of aryl methyl sites for hydroxylation is 1. The molecule has 0 unspecified atom stereocenters. The Hall–Kier alpha value is -2.08. The number of hydrogen-bond acceptors (Lipinski definition) is 4. The SMILES string of the molecule is Cc1[nH]c(=O)sc1C(=O)Nc1ccccc1OC(C)C. The largest absolute Gasteiger partial charge is 0.489 e. The molecule has 0 radical (unpaired) electrons. The Balaban J connectivity index is 2.24. The van der Waals surface area contributed by atoms with Crippen LogP contribution in [0.5, 0.6) is 5.75 Å². The zero-order valence-corrected chi connectivity index (χ0v) is 12.3. The van der Waals surface area contributed by atoms with Crippen LogP contribution in [0.25, 0.3) is 0 Å². The number of amides is 1. The molecular formula is C14H16N2O3S. The quantitative estimate of drug-likeness (QED) is 0.910. The number of ether oxygens (including phenoxy) is 1. The standard InChI is InChI=1S/C14H16N2O3S/c1-8(2)19-11-7-5-4-6-10(11)16-13(17)12-9(3)15-14(18)20-12/h4-8H,1-3H3,(H,15,18)(H,16,17). The first-order valence-corrected chi connectivity index (χ1v) is 7.05. The molecule has 1 aromatic heterocycles. The van der Waals surface area contributed by atoms with Crippen molar-refractivity contribution >= 4 is 22.9 Å². The molecule has 0 aliphatic rings. The Bertz CT molecular complexity index is 673. The predicted molar refractivity (Wildman–Crippen MR) is 79.8 cm³/mol. The van der Waals surface area contributed by atoms with E-state index in [1.54, 1.807) is 19.1 Å². The van der Waals surface area contributed by atoms with Crippen LogP contribution in [0.4, 0.5) is 5.69 Å². The molecule has 0 saturated carbocycles. The van der Waals surface area contributed by atoms with Gasteiger partial charge in [-0.15, -0.1) is 0 Å². The molecule has 0 spiro atoms. The Morgan fingerprint density at radius 2 is 2.05 bits per heavy atom. The van der Waals surface area contributed by atoms with Crippen molar-refractivity contribution < 1.29 is 9.53 Å². The number of aromatic nitrogens is 1. The molecular weight excluding hydrogens is 276 g/mol. The topological polar surface area (TPSA) is 71.2 Å². The predicted octanol–water partition coefficient (Wildman–Crippen LogP) is 2.78. The van der Waals surface area contributed by atoms with Gasteiger partial charge in [0, 0.05) is 5.69 Å². The van der Waals surface area contributed by atoms with E-state index in [1.165, 1.54) is 0 Å². The van der Waals surface area contributed by atoms with Crippen molar-refractivity contribution in [1.29, 1.82) is 0 Å². The number of aromatic amines is 1. The van der Waals surface area contributed by atoms with Gasteiger partial charge in [0.1, 0.15) is 10.6 Å². The number of carbonyl (C=O) groups is 1. The minimum Gasteiger partial charge on any atom is -0.489 e. The van der Waals surface area contributed by atoms with E-state index in [-0.39, 0.29) is 16.9 Å². The highest BCUT2D eigenvalue weighted by atomic mass is 32.1. The van der Waals surface area contributed by atoms with Gasteiger partial charge in [-0.1, -0.05) is 23.5 Å². The average molecular weight is 292 g/mol. The van der Waals surface area contributed by atoms with Crippen LogP contribution in [0.1, 0.15) is 29.2 Å². The zero-order valence-electron chi connectivity index (χ0n) is 11.5. The summed E-state index contributed by atoms with van der Waals surface area (Å²) in [6.07, 6.45) is 0.0121. The van der Waals surface area contributed by atoms with E-state index in [0.717, 1.165) is 11.3 Å². The lowest BCUT2D eigenvalue weighted by molar-refractivity contribution is 0.102. The van der Waals surface area contributed by atoms with Gasteiger partial charge in [0.05, 0.1) is 11.8 Å². The first-order valence-electron chi connectivity index (χ1n) is 6.24. The molecule has 1 heterocycles. The normalized spacial score (nSPS) is 10.6. The minimum atomic E-state index is -0.314. The number of nitrogens with one attached hydrogen (secondary N) is 2. The van der Waals surface area contributed by atoms with E-state index in [4.69, 9.17) is 4.74 Å². The molecule has 0 saturated heterocycles. The summed E-state index contributed by atoms with van der Waals surface area (Å²) in [5.41, 5.74) is 1.16. The third-order valence-electron chi connectivity index (χ3n) is 2.53. The van der Waals surface area contributed by atoms with Gasteiger partial charge in [0.2, 0.25) is 0 Å². The summed E-state index contributed by atoms with van der Waals surface area (Å²) >= 11 is 0.897. The van der Waals surface area contributed by atoms with E-state index < -0.39 is 0 Å². The van der Waals surface area contributed by atoms with E-state index in [0.29, 0.717) is 22.0 Å². The van der Waals surface area contributed by atoms with Gasteiger partial charge in [0.25, 0.3) is 5.91 Å². The second-order valence-electron chi connectivity index (χ2n) is 4.59. The number of para-hydroxylation sites is 2. The molecule has 2 N–H and O–H groups in total. The number of thiazole rings is 1. The number of anilines is 1. The summed E-state index contributed by atoms with van der Waals surface area (Å²) in [7, 11) is 0. The Kier molecular flexibility index (Phi) is 4.24. The molecule has 1 amide bonds. The van der Waals surface area contributed by atoms with E-state index >= 15 is 0 Å². The van der Waals surface area contributed by atoms with Gasteiger partial charge in [-0.25, -0.2) is 0 Å². The molecule has 0 aliphatic heterocycles. The molecule has 6 heteroatoms. The molecule has 0 bridgehead atoms. The Labute approximate surface area is 120 Å². The number of H-pyrrole nitrogens is 1. The fraction of sp³-hybridized carbons (Fsp3) is 0.286. The highest BCUT2D eigenvalue weighted by molar-refractivity contribution is 7.11. The summed E-state index contributed by atoms with van der Waals surface area (Å²) in [5, 5.41) is 2.77. The van der Waals surface area contributed by atoms with Crippen LogP contribution >= 0.6 is 11.3 Å². The third kappa shape index (κ3) is 3.27. The maximum atomic E-state index is 12.2. The molecule has 0 fully saturated rings. The van der Waals surface area contributed by atoms with Gasteiger partial charge >= 0.3 is 4.87 Å². The van der Waals surface area contributed by atoms with Crippen molar-refractivity contribution in [2.75, 3.05) is 5.32 Å². The molecule has 2 aromatic rings. The van der Waals surface area contributed by atoms with Crippen molar-refractivity contribution in [3.05, 3.63) is 44.5 Å². The Morgan fingerprint density at radius 1 is 1.35 bits per heavy atom. The summed E-state index contributed by atoms with van der Waals surface area (Å²) in [5.74, 6) is 0.294. The van der Waals surface area contributed by atoms with Crippen LogP contribution in [-0.2, 0) is 0 Å². The highest BCUT2D eigenvalue weighted by Gasteiger charge is 2.15. The molecule has 0 atom stereocenters. The average Bonchev–Trinajstić information content (AvgIpc) is 2.70. The third-order valence-corrected chi connectivity index (χ3v) is 3.51. The van der Waals surface area contributed by atoms with Gasteiger partial charge in [0.15, 0.2) is 0 Å². The fourth-order valence-corrected chi connectivity index (χ4v) is 2.46. The zero-order chi connectivity index (χ0) is 14.7. The fourth-order valence-electron chi connectivity index (χ4n) is 1.73. The van der Waals surface area contributed by atoms with E-state index in [2.05, 4.69) is 10.3 Å². The summed E-state index contributed by atoms with van der Waals surface area (Å²) < 4.78 is 5.64. The molecule has 0 aliphatic carbocycles.